The topological polar surface area (TPSA) is 71.2 Å². The number of hydrogen-bond donors (Lipinski definition) is 1. The van der Waals surface area contributed by atoms with Gasteiger partial charge in [-0.2, -0.15) is 26.3 Å². The van der Waals surface area contributed by atoms with Crippen molar-refractivity contribution in [1.29, 1.82) is 0 Å². The highest BCUT2D eigenvalue weighted by atomic mass is 32.1. The maximum absolute atomic E-state index is 5.71. The maximum atomic E-state index is 5.71. The molecule has 19 heavy (non-hydrogen) atoms. The summed E-state index contributed by atoms with van der Waals surface area (Å²) in [5, 5.41) is 4.24. The second-order valence-corrected chi connectivity index (χ2v) is 5.27. The molecule has 2 aromatic rings. The lowest BCUT2D eigenvalue weighted by Gasteiger charge is -2.18. The molecule has 0 aliphatic carbocycles. The smallest absolute Gasteiger partial charge is 0.231 e. The molecule has 2 aromatic heterocycles. The molecule has 0 spiro atoms. The van der Waals surface area contributed by atoms with Crippen LogP contribution < -0.4 is 15.5 Å². The van der Waals surface area contributed by atoms with E-state index in [0.29, 0.717) is 11.9 Å². The summed E-state index contributed by atoms with van der Waals surface area (Å²) in [5.41, 5.74) is 7.04. The number of anilines is 3. The molecule has 6 nitrogen and oxygen atoms in total. The Morgan fingerprint density at radius 2 is 1.89 bits per heavy atom. The fourth-order valence-electron chi connectivity index (χ4n) is 1.57. The molecule has 2 N–H and O–H groups in total. The van der Waals surface area contributed by atoms with E-state index in [1.54, 1.807) is 11.3 Å². The molecule has 0 radical (unpaired) electrons. The number of nitrogens with two attached hydrogens (primary N) is 1. The van der Waals surface area contributed by atoms with Crippen molar-refractivity contribution in [1.82, 2.24) is 15.0 Å². The van der Waals surface area contributed by atoms with E-state index in [1.807, 2.05) is 30.9 Å². The van der Waals surface area contributed by atoms with Crippen molar-refractivity contribution in [3.8, 4) is 0 Å². The highest BCUT2D eigenvalue weighted by molar-refractivity contribution is 7.07. The minimum atomic E-state index is 0.246. The fraction of sp³-hybridized carbons (Fsp3) is 0.417. The van der Waals surface area contributed by atoms with Crippen LogP contribution in [0.2, 0.25) is 0 Å². The Balaban J connectivity index is 2.07. The molecule has 2 heterocycles. The molecule has 0 saturated heterocycles. The van der Waals surface area contributed by atoms with Gasteiger partial charge in [0, 0.05) is 27.7 Å². The summed E-state index contributed by atoms with van der Waals surface area (Å²) in [4.78, 5) is 16.4. The van der Waals surface area contributed by atoms with Gasteiger partial charge in [-0.1, -0.05) is 0 Å². The van der Waals surface area contributed by atoms with Crippen LogP contribution in [0.4, 0.5) is 17.8 Å². The Hall–Kier alpha value is -1.89. The molecule has 0 amide bonds. The molecule has 0 saturated carbocycles. The minimum Gasteiger partial charge on any atom is -0.368 e. The van der Waals surface area contributed by atoms with E-state index in [4.69, 9.17) is 5.73 Å². The van der Waals surface area contributed by atoms with E-state index in [-0.39, 0.29) is 5.95 Å². The van der Waals surface area contributed by atoms with Crippen LogP contribution >= 0.6 is 11.3 Å². The SMILES string of the molecule is CN(C)c1nc(N)nc(N(C)CCc2ccsc2)n1. The average molecular weight is 278 g/mol. The van der Waals surface area contributed by atoms with E-state index in [0.717, 1.165) is 13.0 Å². The van der Waals surface area contributed by atoms with Crippen LogP contribution in [-0.4, -0.2) is 42.6 Å². The third kappa shape index (κ3) is 3.54. The summed E-state index contributed by atoms with van der Waals surface area (Å²) in [6, 6.07) is 2.13. The van der Waals surface area contributed by atoms with Crippen molar-refractivity contribution in [3.63, 3.8) is 0 Å². The largest absolute Gasteiger partial charge is 0.368 e. The average Bonchev–Trinajstić information content (AvgIpc) is 2.88. The highest BCUT2D eigenvalue weighted by Crippen LogP contribution is 2.13. The zero-order valence-corrected chi connectivity index (χ0v) is 12.2. The number of nitrogen functional groups attached to an aromatic ring is 1. The summed E-state index contributed by atoms with van der Waals surface area (Å²) >= 11 is 1.71. The van der Waals surface area contributed by atoms with Crippen LogP contribution in [-0.2, 0) is 6.42 Å². The highest BCUT2D eigenvalue weighted by Gasteiger charge is 2.10. The van der Waals surface area contributed by atoms with Gasteiger partial charge in [-0.3, -0.25) is 0 Å². The summed E-state index contributed by atoms with van der Waals surface area (Å²) in [6.45, 7) is 0.840. The fourth-order valence-corrected chi connectivity index (χ4v) is 2.27. The Bertz CT molecular complexity index is 525. The van der Waals surface area contributed by atoms with E-state index in [2.05, 4.69) is 31.8 Å². The summed E-state index contributed by atoms with van der Waals surface area (Å²) < 4.78 is 0. The standard InChI is InChI=1S/C12H18N6S/c1-17(2)11-14-10(13)15-12(16-11)18(3)6-4-9-5-7-19-8-9/h5,7-8H,4,6H2,1-3H3,(H2,13,14,15,16). The van der Waals surface area contributed by atoms with Gasteiger partial charge in [0.2, 0.25) is 17.8 Å². The van der Waals surface area contributed by atoms with Gasteiger partial charge in [0.25, 0.3) is 0 Å². The number of rotatable bonds is 5. The van der Waals surface area contributed by atoms with Crippen LogP contribution in [0.15, 0.2) is 16.8 Å². The predicted octanol–water partition coefficient (Wildman–Crippen LogP) is 1.26. The first-order valence-corrected chi connectivity index (χ1v) is 6.91. The molecular weight excluding hydrogens is 260 g/mol. The molecular formula is C12H18N6S. The van der Waals surface area contributed by atoms with E-state index >= 15 is 0 Å². The Morgan fingerprint density at radius 3 is 2.53 bits per heavy atom. The first-order valence-electron chi connectivity index (χ1n) is 5.97. The lowest BCUT2D eigenvalue weighted by Crippen LogP contribution is -2.25. The van der Waals surface area contributed by atoms with Gasteiger partial charge in [-0.05, 0) is 28.8 Å². The molecule has 0 aromatic carbocycles. The zero-order valence-electron chi connectivity index (χ0n) is 11.4. The first-order chi connectivity index (χ1) is 9.06. The van der Waals surface area contributed by atoms with Gasteiger partial charge < -0.3 is 15.5 Å². The quantitative estimate of drug-likeness (QED) is 0.888. The van der Waals surface area contributed by atoms with Gasteiger partial charge in [0.05, 0.1) is 0 Å². The number of likely N-dealkylation sites (N-methyl/N-ethyl adjacent to an activating group) is 1. The van der Waals surface area contributed by atoms with Crippen molar-refractivity contribution in [3.05, 3.63) is 22.4 Å². The second kappa shape index (κ2) is 5.83. The second-order valence-electron chi connectivity index (χ2n) is 4.49. The molecule has 0 bridgehead atoms. The van der Waals surface area contributed by atoms with Crippen molar-refractivity contribution in [2.75, 3.05) is 43.2 Å². The van der Waals surface area contributed by atoms with Crippen molar-refractivity contribution in [2.24, 2.45) is 0 Å². The maximum Gasteiger partial charge on any atom is 0.231 e. The normalized spacial score (nSPS) is 10.5. The van der Waals surface area contributed by atoms with Crippen LogP contribution in [0.25, 0.3) is 0 Å². The van der Waals surface area contributed by atoms with Crippen LogP contribution in [0.1, 0.15) is 5.56 Å². The number of thiophene rings is 1. The lowest BCUT2D eigenvalue weighted by atomic mass is 10.2. The van der Waals surface area contributed by atoms with Crippen molar-refractivity contribution >= 4 is 29.2 Å². The van der Waals surface area contributed by atoms with Crippen LogP contribution in [0.3, 0.4) is 0 Å². The first kappa shape index (κ1) is 13.5. The molecule has 0 atom stereocenters. The summed E-state index contributed by atoms with van der Waals surface area (Å²) in [7, 11) is 5.72. The van der Waals surface area contributed by atoms with E-state index in [9.17, 15) is 0 Å². The molecule has 7 heteroatoms. The monoisotopic (exact) mass is 278 g/mol. The van der Waals surface area contributed by atoms with Gasteiger partial charge in [0.15, 0.2) is 0 Å². The Morgan fingerprint density at radius 1 is 1.16 bits per heavy atom. The molecule has 0 unspecified atom stereocenters. The van der Waals surface area contributed by atoms with Gasteiger partial charge in [-0.15, -0.1) is 0 Å². The molecule has 2 rings (SSSR count). The molecule has 0 aliphatic heterocycles. The van der Waals surface area contributed by atoms with Gasteiger partial charge >= 0.3 is 0 Å². The van der Waals surface area contributed by atoms with Crippen LogP contribution in [0, 0.1) is 0 Å². The molecule has 0 fully saturated rings. The number of aromatic nitrogens is 3. The predicted molar refractivity (Wildman–Crippen MR) is 79.9 cm³/mol. The van der Waals surface area contributed by atoms with E-state index < -0.39 is 0 Å². The van der Waals surface area contributed by atoms with Gasteiger partial charge in [-0.25, -0.2) is 0 Å². The Labute approximate surface area is 116 Å². The lowest BCUT2D eigenvalue weighted by molar-refractivity contribution is 0.826. The number of nitrogens with zero attached hydrogens (tertiary/aromatic N) is 5. The van der Waals surface area contributed by atoms with Crippen molar-refractivity contribution in [2.45, 2.75) is 6.42 Å². The van der Waals surface area contributed by atoms with Crippen LogP contribution in [0.5, 0.6) is 0 Å². The van der Waals surface area contributed by atoms with Crippen molar-refractivity contribution < 1.29 is 0 Å². The number of hydrogen-bond acceptors (Lipinski definition) is 7. The zero-order chi connectivity index (χ0) is 13.8. The third-order valence-electron chi connectivity index (χ3n) is 2.69. The minimum absolute atomic E-state index is 0.246. The summed E-state index contributed by atoms with van der Waals surface area (Å²) in [5.74, 6) is 1.42. The molecule has 102 valence electrons. The third-order valence-corrected chi connectivity index (χ3v) is 3.42. The molecule has 0 aliphatic rings. The Kier molecular flexibility index (Phi) is 4.16. The van der Waals surface area contributed by atoms with Gasteiger partial charge in [0.1, 0.15) is 0 Å². The van der Waals surface area contributed by atoms with E-state index in [1.165, 1.54) is 5.56 Å². The summed E-state index contributed by atoms with van der Waals surface area (Å²) in [6.07, 6.45) is 0.961.